The minimum Gasteiger partial charge on any atom is -0.459 e. The first kappa shape index (κ1) is 41.2. The van der Waals surface area contributed by atoms with Crippen LogP contribution in [0.5, 0.6) is 0 Å². The monoisotopic (exact) mass is 736 g/mol. The molecule has 0 N–H and O–H groups in total. The highest BCUT2D eigenvalue weighted by Crippen LogP contribution is 2.54. The maximum absolute atomic E-state index is 13.7. The highest BCUT2D eigenvalue weighted by molar-refractivity contribution is 5.75. The van der Waals surface area contributed by atoms with Crippen molar-refractivity contribution >= 4 is 18.1 Å². The Hall–Kier alpha value is -1.95. The second-order valence-electron chi connectivity index (χ2n) is 18.1. The fraction of sp³-hybridized carbons (Fsp3) is 0.927. The van der Waals surface area contributed by atoms with Crippen LogP contribution in [0.4, 0.5) is 4.79 Å². The van der Waals surface area contributed by atoms with Gasteiger partial charge in [-0.15, -0.1) is 0 Å². The third-order valence-electron chi connectivity index (χ3n) is 13.4. The van der Waals surface area contributed by atoms with Gasteiger partial charge in [0.1, 0.15) is 23.4 Å². The second-order valence-corrected chi connectivity index (χ2v) is 18.1. The predicted octanol–water partition coefficient (Wildman–Crippen LogP) is 7.59. The first-order valence-electron chi connectivity index (χ1n) is 20.3. The first-order chi connectivity index (χ1) is 24.5. The van der Waals surface area contributed by atoms with Crippen molar-refractivity contribution in [1.29, 1.82) is 0 Å². The molecule has 10 atom stereocenters. The molecule has 0 aromatic rings. The van der Waals surface area contributed by atoms with Crippen LogP contribution in [0.2, 0.25) is 0 Å². The lowest BCUT2D eigenvalue weighted by atomic mass is 9.59. The van der Waals surface area contributed by atoms with E-state index < -0.39 is 41.1 Å². The third-order valence-corrected chi connectivity index (χ3v) is 13.4. The van der Waals surface area contributed by atoms with E-state index in [4.69, 9.17) is 37.9 Å². The topological polar surface area (TPSA) is 125 Å². The number of ether oxygens (including phenoxy) is 8. The van der Waals surface area contributed by atoms with Crippen LogP contribution < -0.4 is 0 Å². The van der Waals surface area contributed by atoms with Crippen LogP contribution in [0, 0.1) is 34.5 Å². The number of esters is 2. The molecular formula is C41H68O11. The number of fused-ring (bicyclic) bond motifs is 2. The van der Waals surface area contributed by atoms with Crippen molar-refractivity contribution in [3.63, 3.8) is 0 Å². The van der Waals surface area contributed by atoms with E-state index in [2.05, 4.69) is 55.4 Å². The Morgan fingerprint density at radius 1 is 0.577 bits per heavy atom. The molecule has 1 aliphatic carbocycles. The molecule has 5 aliphatic rings. The van der Waals surface area contributed by atoms with Gasteiger partial charge in [0.2, 0.25) is 0 Å². The molecule has 0 spiro atoms. The minimum absolute atomic E-state index is 0.0131. The van der Waals surface area contributed by atoms with Crippen LogP contribution in [0.25, 0.3) is 0 Å². The molecule has 0 radical (unpaired) electrons. The Morgan fingerprint density at radius 3 is 1.60 bits per heavy atom. The van der Waals surface area contributed by atoms with Gasteiger partial charge in [-0.3, -0.25) is 9.59 Å². The van der Waals surface area contributed by atoms with Crippen molar-refractivity contribution in [1.82, 2.24) is 0 Å². The highest BCUT2D eigenvalue weighted by Gasteiger charge is 2.62. The average molecular weight is 737 g/mol. The van der Waals surface area contributed by atoms with Gasteiger partial charge < -0.3 is 37.9 Å². The summed E-state index contributed by atoms with van der Waals surface area (Å²) in [5.41, 5.74) is -1.83. The van der Waals surface area contributed by atoms with Crippen LogP contribution in [-0.2, 0) is 47.5 Å². The molecule has 52 heavy (non-hydrogen) atoms. The molecule has 1 saturated carbocycles. The van der Waals surface area contributed by atoms with E-state index in [1.807, 2.05) is 13.8 Å². The molecular weight excluding hydrogens is 668 g/mol. The number of carbonyl (C=O) groups is 3. The van der Waals surface area contributed by atoms with E-state index in [1.165, 1.54) is 0 Å². The molecule has 5 fully saturated rings. The summed E-state index contributed by atoms with van der Waals surface area (Å²) in [5, 5.41) is 0. The van der Waals surface area contributed by atoms with Gasteiger partial charge in [-0.1, -0.05) is 68.2 Å². The Balaban J connectivity index is 1.19. The van der Waals surface area contributed by atoms with E-state index in [1.54, 1.807) is 0 Å². The van der Waals surface area contributed by atoms with Crippen molar-refractivity contribution in [2.75, 3.05) is 26.4 Å². The van der Waals surface area contributed by atoms with E-state index in [9.17, 15) is 14.4 Å². The maximum Gasteiger partial charge on any atom is 0.509 e. The lowest BCUT2D eigenvalue weighted by molar-refractivity contribution is -0.168. The standard InChI is InChI=1S/C41H68O11/c1-11-19-39(8,9)51-36(43)26-17-15-25(16-18-26)35(42)49-29-23-48-32-28(22-46-33(29)32)40(10,13-3)41(14-4,20-12-2)52-37(44)50-30-24-47-31-27(38(5,6)7)21-45-34(30)31/h25-34H,11-24H2,1-10H3. The average Bonchev–Trinajstić information content (AvgIpc) is 3.88. The number of hydrogen-bond donors (Lipinski definition) is 0. The maximum atomic E-state index is 13.7. The highest BCUT2D eigenvalue weighted by atomic mass is 16.8. The predicted molar refractivity (Wildman–Crippen MR) is 193 cm³/mol. The van der Waals surface area contributed by atoms with E-state index in [0.717, 1.165) is 19.3 Å². The summed E-state index contributed by atoms with van der Waals surface area (Å²) in [5.74, 6) is -0.755. The molecule has 4 saturated heterocycles. The van der Waals surface area contributed by atoms with Gasteiger partial charge in [-0.2, -0.15) is 0 Å². The second kappa shape index (κ2) is 16.4. The largest absolute Gasteiger partial charge is 0.509 e. The fourth-order valence-electron chi connectivity index (χ4n) is 9.98. The quantitative estimate of drug-likeness (QED) is 0.129. The zero-order chi connectivity index (χ0) is 38.1. The Labute approximate surface area is 312 Å². The number of hydrogen-bond acceptors (Lipinski definition) is 11. The molecule has 11 nitrogen and oxygen atoms in total. The van der Waals surface area contributed by atoms with Gasteiger partial charge in [0.25, 0.3) is 0 Å². The van der Waals surface area contributed by atoms with Crippen LogP contribution >= 0.6 is 0 Å². The van der Waals surface area contributed by atoms with Crippen molar-refractivity contribution in [2.24, 2.45) is 34.5 Å². The molecule has 4 heterocycles. The van der Waals surface area contributed by atoms with Gasteiger partial charge in [-0.25, -0.2) is 4.79 Å². The van der Waals surface area contributed by atoms with Gasteiger partial charge in [0.05, 0.1) is 50.5 Å². The van der Waals surface area contributed by atoms with Crippen LogP contribution in [-0.4, -0.2) is 92.3 Å². The summed E-state index contributed by atoms with van der Waals surface area (Å²) in [4.78, 5) is 39.9. The molecule has 0 aromatic carbocycles. The van der Waals surface area contributed by atoms with Crippen molar-refractivity contribution in [2.45, 2.75) is 181 Å². The molecule has 4 aliphatic heterocycles. The Kier molecular flexibility index (Phi) is 13.0. The van der Waals surface area contributed by atoms with Crippen LogP contribution in [0.15, 0.2) is 0 Å². The summed E-state index contributed by atoms with van der Waals surface area (Å²) >= 11 is 0. The van der Waals surface area contributed by atoms with E-state index in [0.29, 0.717) is 58.2 Å². The number of rotatable bonds is 14. The number of carbonyl (C=O) groups excluding carboxylic acids is 3. The lowest BCUT2D eigenvalue weighted by Gasteiger charge is -2.51. The van der Waals surface area contributed by atoms with E-state index in [-0.39, 0.29) is 72.6 Å². The van der Waals surface area contributed by atoms with Gasteiger partial charge in [0, 0.05) is 17.3 Å². The fourth-order valence-corrected chi connectivity index (χ4v) is 9.98. The van der Waals surface area contributed by atoms with Crippen molar-refractivity contribution in [3.05, 3.63) is 0 Å². The summed E-state index contributed by atoms with van der Waals surface area (Å²) in [6.07, 6.45) is 4.05. The minimum atomic E-state index is -0.844. The molecule has 0 bridgehead atoms. The summed E-state index contributed by atoms with van der Waals surface area (Å²) < 4.78 is 49.4. The molecule has 298 valence electrons. The molecule has 0 aromatic heterocycles. The summed E-state index contributed by atoms with van der Waals surface area (Å²) in [6, 6.07) is 0. The van der Waals surface area contributed by atoms with Gasteiger partial charge in [-0.05, 0) is 70.6 Å². The summed E-state index contributed by atoms with van der Waals surface area (Å²) in [7, 11) is 0. The molecule has 5 rings (SSSR count). The van der Waals surface area contributed by atoms with Gasteiger partial charge >= 0.3 is 18.1 Å². The summed E-state index contributed by atoms with van der Waals surface area (Å²) in [6.45, 7) is 22.5. The Morgan fingerprint density at radius 2 is 1.08 bits per heavy atom. The first-order valence-corrected chi connectivity index (χ1v) is 20.3. The zero-order valence-corrected chi connectivity index (χ0v) is 33.7. The lowest BCUT2D eigenvalue weighted by Crippen LogP contribution is -2.56. The molecule has 10 unspecified atom stereocenters. The van der Waals surface area contributed by atoms with Gasteiger partial charge in [0.15, 0.2) is 12.2 Å². The normalized spacial score (nSPS) is 35.6. The molecule has 11 heteroatoms. The SMILES string of the molecule is CCCC(C)(C)OC(=O)C1CCC(C(=O)OC2COC3C2OCC3C(C)(CC)C(CC)(CCC)OC(=O)OC2COC3C2OCC3C(C)(C)C)CC1. The molecule has 0 amide bonds. The van der Waals surface area contributed by atoms with Crippen LogP contribution in [0.1, 0.15) is 133 Å². The zero-order valence-electron chi connectivity index (χ0n) is 33.7. The third kappa shape index (κ3) is 8.32. The van der Waals surface area contributed by atoms with Crippen LogP contribution in [0.3, 0.4) is 0 Å². The van der Waals surface area contributed by atoms with E-state index >= 15 is 0 Å². The van der Waals surface area contributed by atoms with Crippen molar-refractivity contribution < 1.29 is 52.3 Å². The Bertz CT molecular complexity index is 1240. The smallest absolute Gasteiger partial charge is 0.459 e. The van der Waals surface area contributed by atoms with Crippen molar-refractivity contribution in [3.8, 4) is 0 Å².